The average molecular weight is 286 g/mol. The number of rotatable bonds is 3. The molecule has 0 aliphatic carbocycles. The molecule has 0 radical (unpaired) electrons. The Morgan fingerprint density at radius 2 is 1.86 bits per heavy atom. The highest BCUT2D eigenvalue weighted by Gasteiger charge is 2.38. The van der Waals surface area contributed by atoms with E-state index in [2.05, 4.69) is 5.16 Å². The second-order valence-corrected chi connectivity index (χ2v) is 4.52. The highest BCUT2D eigenvalue weighted by atomic mass is 16.7. The van der Waals surface area contributed by atoms with Gasteiger partial charge in [0.05, 0.1) is 16.8 Å². The van der Waals surface area contributed by atoms with Gasteiger partial charge in [-0.25, -0.2) is 4.79 Å². The second-order valence-electron chi connectivity index (χ2n) is 4.52. The van der Waals surface area contributed by atoms with Crippen molar-refractivity contribution in [2.75, 3.05) is 0 Å². The maximum atomic E-state index is 12.0. The number of fused-ring (bicyclic) bond motifs is 1. The zero-order valence-electron chi connectivity index (χ0n) is 11.0. The Morgan fingerprint density at radius 3 is 2.38 bits per heavy atom. The summed E-state index contributed by atoms with van der Waals surface area (Å²) in [6.07, 6.45) is -0.214. The van der Waals surface area contributed by atoms with Gasteiger partial charge in [-0.15, -0.1) is 0 Å². The molecule has 2 amide bonds. The number of hydroxylamine groups is 2. The smallest absolute Gasteiger partial charge is 0.340 e. The minimum Gasteiger partial charge on any atom is -0.361 e. The summed E-state index contributed by atoms with van der Waals surface area (Å²) in [5, 5.41) is 4.10. The molecule has 1 aromatic heterocycles. The first-order chi connectivity index (χ1) is 10.1. The number of hydrogen-bond acceptors (Lipinski definition) is 6. The van der Waals surface area contributed by atoms with Gasteiger partial charge in [-0.1, -0.05) is 22.4 Å². The Bertz CT molecular complexity index is 714. The van der Waals surface area contributed by atoms with Crippen molar-refractivity contribution in [1.29, 1.82) is 0 Å². The summed E-state index contributed by atoms with van der Waals surface area (Å²) in [7, 11) is 0. The number of carbonyl (C=O) groups is 3. The van der Waals surface area contributed by atoms with Crippen LogP contribution < -0.4 is 0 Å². The van der Waals surface area contributed by atoms with E-state index < -0.39 is 17.8 Å². The normalized spacial score (nSPS) is 13.5. The van der Waals surface area contributed by atoms with Gasteiger partial charge in [-0.05, 0) is 19.1 Å². The summed E-state index contributed by atoms with van der Waals surface area (Å²) in [6.45, 7) is 1.71. The van der Waals surface area contributed by atoms with Crippen molar-refractivity contribution in [3.8, 4) is 0 Å². The molecule has 7 nitrogen and oxygen atoms in total. The average Bonchev–Trinajstić information content (AvgIpc) is 2.97. The van der Waals surface area contributed by atoms with E-state index in [0.717, 1.165) is 0 Å². The minimum absolute atomic E-state index is 0.214. The first kappa shape index (κ1) is 13.0. The van der Waals surface area contributed by atoms with Gasteiger partial charge in [0, 0.05) is 6.07 Å². The van der Waals surface area contributed by atoms with E-state index in [-0.39, 0.29) is 17.5 Å². The third kappa shape index (κ3) is 2.29. The summed E-state index contributed by atoms with van der Waals surface area (Å²) in [4.78, 5) is 40.6. The fourth-order valence-corrected chi connectivity index (χ4v) is 2.03. The van der Waals surface area contributed by atoms with Gasteiger partial charge >= 0.3 is 5.97 Å². The van der Waals surface area contributed by atoms with Crippen LogP contribution in [0.2, 0.25) is 0 Å². The lowest BCUT2D eigenvalue weighted by Crippen LogP contribution is -2.33. The van der Waals surface area contributed by atoms with Crippen LogP contribution in [-0.2, 0) is 16.1 Å². The van der Waals surface area contributed by atoms with Crippen molar-refractivity contribution in [1.82, 2.24) is 10.2 Å². The number of imide groups is 1. The Kier molecular flexibility index (Phi) is 3.02. The van der Waals surface area contributed by atoms with Crippen molar-refractivity contribution in [3.63, 3.8) is 0 Å². The molecule has 0 N–H and O–H groups in total. The van der Waals surface area contributed by atoms with E-state index in [9.17, 15) is 14.4 Å². The molecule has 3 rings (SSSR count). The third-order valence-electron chi connectivity index (χ3n) is 2.95. The summed E-state index contributed by atoms with van der Waals surface area (Å²) in [5.41, 5.74) is 1.05. The minimum atomic E-state index is -0.777. The largest absolute Gasteiger partial charge is 0.361 e. The van der Waals surface area contributed by atoms with E-state index in [0.29, 0.717) is 16.5 Å². The fraction of sp³-hybridized carbons (Fsp3) is 0.143. The molecule has 2 heterocycles. The van der Waals surface area contributed by atoms with Crippen molar-refractivity contribution in [2.45, 2.75) is 13.3 Å². The SMILES string of the molecule is Cc1cc(CC(=O)ON2C(=O)c3ccccc3C2=O)on1. The quantitative estimate of drug-likeness (QED) is 0.789. The molecular weight excluding hydrogens is 276 g/mol. The van der Waals surface area contributed by atoms with Crippen LogP contribution in [0.25, 0.3) is 0 Å². The molecule has 106 valence electrons. The molecule has 2 aromatic rings. The van der Waals surface area contributed by atoms with E-state index in [1.54, 1.807) is 25.1 Å². The van der Waals surface area contributed by atoms with Gasteiger partial charge in [0.25, 0.3) is 11.8 Å². The maximum absolute atomic E-state index is 12.0. The van der Waals surface area contributed by atoms with E-state index >= 15 is 0 Å². The van der Waals surface area contributed by atoms with Crippen LogP contribution in [0.1, 0.15) is 32.2 Å². The maximum Gasteiger partial charge on any atom is 0.340 e. The molecule has 21 heavy (non-hydrogen) atoms. The Balaban J connectivity index is 1.73. The van der Waals surface area contributed by atoms with Gasteiger partial charge in [0.1, 0.15) is 12.2 Å². The summed E-state index contributed by atoms with van der Waals surface area (Å²) in [5.74, 6) is -1.79. The molecule has 0 spiro atoms. The van der Waals surface area contributed by atoms with Gasteiger partial charge < -0.3 is 9.36 Å². The number of aromatic nitrogens is 1. The molecule has 1 aliphatic heterocycles. The lowest BCUT2D eigenvalue weighted by atomic mass is 10.1. The molecule has 1 aromatic carbocycles. The predicted octanol–water partition coefficient (Wildman–Crippen LogP) is 1.28. The molecule has 7 heteroatoms. The van der Waals surface area contributed by atoms with Crippen LogP contribution in [-0.4, -0.2) is 28.0 Å². The predicted molar refractivity (Wildman–Crippen MR) is 68.0 cm³/mol. The van der Waals surface area contributed by atoms with Crippen molar-refractivity contribution in [2.24, 2.45) is 0 Å². The number of nitrogens with zero attached hydrogens (tertiary/aromatic N) is 2. The Hall–Kier alpha value is -2.96. The number of hydrogen-bond donors (Lipinski definition) is 0. The van der Waals surface area contributed by atoms with Crippen LogP contribution in [0.15, 0.2) is 34.9 Å². The van der Waals surface area contributed by atoms with Gasteiger partial charge in [-0.2, -0.15) is 0 Å². The molecule has 0 saturated carbocycles. The molecule has 0 unspecified atom stereocenters. The van der Waals surface area contributed by atoms with Crippen LogP contribution >= 0.6 is 0 Å². The topological polar surface area (TPSA) is 89.7 Å². The zero-order chi connectivity index (χ0) is 15.0. The molecule has 0 bridgehead atoms. The number of aryl methyl sites for hydroxylation is 1. The molecule has 0 fully saturated rings. The van der Waals surface area contributed by atoms with Gasteiger partial charge in [-0.3, -0.25) is 9.59 Å². The molecule has 1 aliphatic rings. The molecular formula is C14H10N2O5. The molecule has 0 saturated heterocycles. The highest BCUT2D eigenvalue weighted by Crippen LogP contribution is 2.22. The zero-order valence-corrected chi connectivity index (χ0v) is 11.0. The van der Waals surface area contributed by atoms with Crippen LogP contribution in [0, 0.1) is 6.92 Å². The van der Waals surface area contributed by atoms with Crippen molar-refractivity contribution < 1.29 is 23.7 Å². The first-order valence-electron chi connectivity index (χ1n) is 6.17. The van der Waals surface area contributed by atoms with Crippen molar-refractivity contribution >= 4 is 17.8 Å². The number of carbonyl (C=O) groups excluding carboxylic acids is 3. The second kappa shape index (κ2) is 4.86. The fourth-order valence-electron chi connectivity index (χ4n) is 2.03. The lowest BCUT2D eigenvalue weighted by Gasteiger charge is -2.11. The monoisotopic (exact) mass is 286 g/mol. The number of benzene rings is 1. The Morgan fingerprint density at radius 1 is 1.24 bits per heavy atom. The van der Waals surface area contributed by atoms with Crippen LogP contribution in [0.4, 0.5) is 0 Å². The lowest BCUT2D eigenvalue weighted by molar-refractivity contribution is -0.168. The summed E-state index contributed by atoms with van der Waals surface area (Å²) in [6, 6.07) is 7.84. The standard InChI is InChI=1S/C14H10N2O5/c1-8-6-9(20-15-8)7-12(17)21-16-13(18)10-4-2-3-5-11(10)14(16)19/h2-6H,7H2,1H3. The van der Waals surface area contributed by atoms with Crippen molar-refractivity contribution in [3.05, 3.63) is 52.9 Å². The highest BCUT2D eigenvalue weighted by molar-refractivity contribution is 6.20. The van der Waals surface area contributed by atoms with Gasteiger partial charge in [0.2, 0.25) is 0 Å². The van der Waals surface area contributed by atoms with E-state index in [1.807, 2.05) is 0 Å². The van der Waals surface area contributed by atoms with E-state index in [1.165, 1.54) is 12.1 Å². The van der Waals surface area contributed by atoms with Crippen LogP contribution in [0.5, 0.6) is 0 Å². The first-order valence-corrected chi connectivity index (χ1v) is 6.17. The third-order valence-corrected chi connectivity index (χ3v) is 2.95. The summed E-state index contributed by atoms with van der Waals surface area (Å²) < 4.78 is 4.88. The Labute approximate surface area is 119 Å². The summed E-state index contributed by atoms with van der Waals surface area (Å²) >= 11 is 0. The molecule has 0 atom stereocenters. The van der Waals surface area contributed by atoms with Crippen LogP contribution in [0.3, 0.4) is 0 Å². The van der Waals surface area contributed by atoms with E-state index in [4.69, 9.17) is 9.36 Å². The van der Waals surface area contributed by atoms with Gasteiger partial charge in [0.15, 0.2) is 0 Å². The number of amides is 2.